The molecule has 0 amide bonds. The Kier molecular flexibility index (Phi) is 4.36. The van der Waals surface area contributed by atoms with Crippen molar-refractivity contribution in [1.29, 1.82) is 0 Å². The van der Waals surface area contributed by atoms with E-state index in [1.54, 1.807) is 23.9 Å². The Labute approximate surface area is 112 Å². The first kappa shape index (κ1) is 13.4. The quantitative estimate of drug-likeness (QED) is 0.885. The summed E-state index contributed by atoms with van der Waals surface area (Å²) in [5.74, 6) is 0.839. The fourth-order valence-corrected chi connectivity index (χ4v) is 1.96. The average Bonchev–Trinajstić information content (AvgIpc) is 2.47. The maximum Gasteiger partial charge on any atom is 0.255 e. The smallest absolute Gasteiger partial charge is 0.255 e. The van der Waals surface area contributed by atoms with E-state index in [1.165, 1.54) is 5.56 Å². The fourth-order valence-electron chi connectivity index (χ4n) is 1.96. The van der Waals surface area contributed by atoms with Gasteiger partial charge in [0.05, 0.1) is 7.11 Å². The zero-order valence-corrected chi connectivity index (χ0v) is 11.0. The van der Waals surface area contributed by atoms with E-state index in [1.807, 2.05) is 30.3 Å². The minimum atomic E-state index is -0.00138. The lowest BCUT2D eigenvalue weighted by Crippen LogP contribution is -2.25. The van der Waals surface area contributed by atoms with Crippen LogP contribution in [0.5, 0.6) is 5.75 Å². The number of methoxy groups -OCH3 is 1. The second-order valence-electron chi connectivity index (χ2n) is 4.33. The summed E-state index contributed by atoms with van der Waals surface area (Å²) in [5.41, 5.74) is 7.35. The number of hydrogen-bond acceptors (Lipinski definition) is 3. The molecule has 2 N–H and O–H groups in total. The molecule has 1 heterocycles. The van der Waals surface area contributed by atoms with Crippen molar-refractivity contribution in [2.75, 3.05) is 7.11 Å². The molecule has 19 heavy (non-hydrogen) atoms. The molecule has 0 bridgehead atoms. The third kappa shape index (κ3) is 3.23. The van der Waals surface area contributed by atoms with Crippen molar-refractivity contribution in [1.82, 2.24) is 4.57 Å². The van der Waals surface area contributed by atoms with Crippen LogP contribution in [0.1, 0.15) is 11.1 Å². The van der Waals surface area contributed by atoms with Crippen molar-refractivity contribution in [3.05, 3.63) is 64.1 Å². The first-order valence-electron chi connectivity index (χ1n) is 6.26. The summed E-state index contributed by atoms with van der Waals surface area (Å²) >= 11 is 0. The molecule has 1 aromatic heterocycles. The van der Waals surface area contributed by atoms with Crippen LogP contribution in [0.2, 0.25) is 0 Å². The Hall–Kier alpha value is -2.07. The molecule has 0 aliphatic carbocycles. The number of pyridine rings is 1. The summed E-state index contributed by atoms with van der Waals surface area (Å²) in [7, 11) is 1.65. The van der Waals surface area contributed by atoms with Crippen LogP contribution in [0.25, 0.3) is 0 Å². The highest BCUT2D eigenvalue weighted by Crippen LogP contribution is 2.11. The van der Waals surface area contributed by atoms with E-state index in [0.29, 0.717) is 12.1 Å². The molecule has 4 nitrogen and oxygen atoms in total. The van der Waals surface area contributed by atoms with Crippen molar-refractivity contribution in [2.24, 2.45) is 5.73 Å². The molecule has 100 valence electrons. The molecule has 0 saturated carbocycles. The Morgan fingerprint density at radius 1 is 1.21 bits per heavy atom. The van der Waals surface area contributed by atoms with Gasteiger partial charge in [0.25, 0.3) is 5.56 Å². The van der Waals surface area contributed by atoms with E-state index in [9.17, 15) is 4.79 Å². The van der Waals surface area contributed by atoms with Crippen molar-refractivity contribution in [3.63, 3.8) is 0 Å². The normalized spacial score (nSPS) is 10.4. The van der Waals surface area contributed by atoms with Gasteiger partial charge in [0, 0.05) is 24.8 Å². The summed E-state index contributed by atoms with van der Waals surface area (Å²) in [4.78, 5) is 12.0. The van der Waals surface area contributed by atoms with Gasteiger partial charge in [-0.15, -0.1) is 0 Å². The third-order valence-corrected chi connectivity index (χ3v) is 3.12. The molecule has 0 fully saturated rings. The molecule has 0 aliphatic heterocycles. The number of hydrogen-bond donors (Lipinski definition) is 1. The lowest BCUT2D eigenvalue weighted by Gasteiger charge is -2.08. The number of benzene rings is 1. The van der Waals surface area contributed by atoms with Gasteiger partial charge in [-0.2, -0.15) is 0 Å². The molecule has 0 radical (unpaired) electrons. The van der Waals surface area contributed by atoms with Crippen LogP contribution in [0.15, 0.2) is 47.4 Å². The number of nitrogens with two attached hydrogens (primary N) is 1. The van der Waals surface area contributed by atoms with Gasteiger partial charge >= 0.3 is 0 Å². The number of rotatable bonds is 5. The first-order valence-corrected chi connectivity index (χ1v) is 6.26. The van der Waals surface area contributed by atoms with E-state index in [-0.39, 0.29) is 12.1 Å². The Bertz CT molecular complexity index is 588. The number of aryl methyl sites for hydroxylation is 2. The van der Waals surface area contributed by atoms with Gasteiger partial charge in [-0.1, -0.05) is 18.2 Å². The monoisotopic (exact) mass is 258 g/mol. The van der Waals surface area contributed by atoms with Crippen LogP contribution < -0.4 is 16.0 Å². The SMILES string of the molecule is COc1ccc(CCn2cccc(CN)c2=O)cc1. The molecule has 0 spiro atoms. The van der Waals surface area contributed by atoms with Gasteiger partial charge in [-0.3, -0.25) is 4.79 Å². The Morgan fingerprint density at radius 2 is 1.95 bits per heavy atom. The second-order valence-corrected chi connectivity index (χ2v) is 4.33. The predicted molar refractivity (Wildman–Crippen MR) is 75.3 cm³/mol. The van der Waals surface area contributed by atoms with Crippen LogP contribution in [0.4, 0.5) is 0 Å². The first-order chi connectivity index (χ1) is 9.24. The molecule has 1 aromatic carbocycles. The summed E-state index contributed by atoms with van der Waals surface area (Å²) < 4.78 is 6.81. The Balaban J connectivity index is 2.08. The maximum absolute atomic E-state index is 12.0. The third-order valence-electron chi connectivity index (χ3n) is 3.12. The van der Waals surface area contributed by atoms with Crippen LogP contribution in [-0.2, 0) is 19.5 Å². The van der Waals surface area contributed by atoms with E-state index >= 15 is 0 Å². The van der Waals surface area contributed by atoms with Gasteiger partial charge in [0.15, 0.2) is 0 Å². The van der Waals surface area contributed by atoms with E-state index < -0.39 is 0 Å². The van der Waals surface area contributed by atoms with Gasteiger partial charge in [-0.05, 0) is 30.2 Å². The molecule has 4 heteroatoms. The van der Waals surface area contributed by atoms with Crippen molar-refractivity contribution < 1.29 is 4.74 Å². The Morgan fingerprint density at radius 3 is 2.58 bits per heavy atom. The van der Waals surface area contributed by atoms with E-state index in [0.717, 1.165) is 12.2 Å². The van der Waals surface area contributed by atoms with Crippen molar-refractivity contribution in [3.8, 4) is 5.75 Å². The highest BCUT2D eigenvalue weighted by molar-refractivity contribution is 5.27. The van der Waals surface area contributed by atoms with Gasteiger partial charge in [0.1, 0.15) is 5.75 Å². The molecule has 0 saturated heterocycles. The lowest BCUT2D eigenvalue weighted by molar-refractivity contribution is 0.414. The van der Waals surface area contributed by atoms with E-state index in [2.05, 4.69) is 0 Å². The van der Waals surface area contributed by atoms with Crippen LogP contribution in [0.3, 0.4) is 0 Å². The van der Waals surface area contributed by atoms with E-state index in [4.69, 9.17) is 10.5 Å². The minimum absolute atomic E-state index is 0.00138. The van der Waals surface area contributed by atoms with Crippen molar-refractivity contribution >= 4 is 0 Å². The van der Waals surface area contributed by atoms with Crippen LogP contribution >= 0.6 is 0 Å². The maximum atomic E-state index is 12.0. The summed E-state index contributed by atoms with van der Waals surface area (Å²) in [6.07, 6.45) is 2.60. The standard InChI is InChI=1S/C15H18N2O2/c1-19-14-6-4-12(5-7-14)8-10-17-9-2-3-13(11-16)15(17)18/h2-7,9H,8,10-11,16H2,1H3. The molecule has 2 rings (SSSR count). The van der Waals surface area contributed by atoms with Gasteiger partial charge < -0.3 is 15.0 Å². The number of ether oxygens (including phenoxy) is 1. The largest absolute Gasteiger partial charge is 0.497 e. The summed E-state index contributed by atoms with van der Waals surface area (Å²) in [5, 5.41) is 0. The topological polar surface area (TPSA) is 57.2 Å². The lowest BCUT2D eigenvalue weighted by atomic mass is 10.1. The van der Waals surface area contributed by atoms with Gasteiger partial charge in [0.2, 0.25) is 0 Å². The van der Waals surface area contributed by atoms with Crippen LogP contribution in [0, 0.1) is 0 Å². The molecule has 0 unspecified atom stereocenters. The van der Waals surface area contributed by atoms with Crippen LogP contribution in [-0.4, -0.2) is 11.7 Å². The van der Waals surface area contributed by atoms with Crippen molar-refractivity contribution in [2.45, 2.75) is 19.5 Å². The number of aromatic nitrogens is 1. The highest BCUT2D eigenvalue weighted by atomic mass is 16.5. The fraction of sp³-hybridized carbons (Fsp3) is 0.267. The minimum Gasteiger partial charge on any atom is -0.497 e. The summed E-state index contributed by atoms with van der Waals surface area (Å²) in [6.45, 7) is 0.932. The zero-order valence-electron chi connectivity index (χ0n) is 11.0. The van der Waals surface area contributed by atoms with Gasteiger partial charge in [-0.25, -0.2) is 0 Å². The second kappa shape index (κ2) is 6.20. The summed E-state index contributed by atoms with van der Waals surface area (Å²) in [6, 6.07) is 11.5. The molecule has 0 atom stereocenters. The molecular formula is C15H18N2O2. The zero-order chi connectivity index (χ0) is 13.7. The highest BCUT2D eigenvalue weighted by Gasteiger charge is 2.01. The number of nitrogens with zero attached hydrogens (tertiary/aromatic N) is 1. The molecule has 2 aromatic rings. The molecular weight excluding hydrogens is 240 g/mol. The molecule has 0 aliphatic rings. The predicted octanol–water partition coefficient (Wildman–Crippen LogP) is 1.56. The average molecular weight is 258 g/mol.